The number of halogens is 3. The summed E-state index contributed by atoms with van der Waals surface area (Å²) in [6, 6.07) is 25.7. The molecule has 3 saturated carbocycles. The quantitative estimate of drug-likeness (QED) is 0.0109. The van der Waals surface area contributed by atoms with E-state index in [9.17, 15) is 33.6 Å². The second-order valence-electron chi connectivity index (χ2n) is 25.7. The molecule has 33 nitrogen and oxygen atoms in total. The number of carboxylic acid groups (broad SMARTS) is 3. The van der Waals surface area contributed by atoms with Crippen LogP contribution in [0.1, 0.15) is 198 Å². The van der Waals surface area contributed by atoms with E-state index in [2.05, 4.69) is 135 Å². The average Bonchev–Trinajstić information content (AvgIpc) is 1.60. The Bertz CT molecular complexity index is 4210. The number of carbonyl (C=O) groups is 8. The van der Waals surface area contributed by atoms with Crippen LogP contribution < -0.4 is 40.5 Å². The minimum Gasteiger partial charge on any atom is -1.00 e. The molecule has 0 bridgehead atoms. The number of nitrogens with zero attached hydrogens (tertiary/aromatic N) is 2. The van der Waals surface area contributed by atoms with Gasteiger partial charge < -0.3 is 104 Å². The van der Waals surface area contributed by atoms with Gasteiger partial charge in [-0.1, -0.05) is 135 Å². The number of aromatic nitrogens is 2. The predicted molar refractivity (Wildman–Crippen MR) is 509 cm³/mol. The van der Waals surface area contributed by atoms with Crippen molar-refractivity contribution in [1.82, 2.24) is 25.1 Å². The van der Waals surface area contributed by atoms with Gasteiger partial charge in [-0.3, -0.25) is 109 Å². The van der Waals surface area contributed by atoms with E-state index in [0.29, 0.717) is 40.8 Å². The van der Waals surface area contributed by atoms with Crippen molar-refractivity contribution in [2.24, 2.45) is 23.5 Å². The number of hydrogen-bond acceptors (Lipinski definition) is 20. The molecule has 3 fully saturated rings. The number of hydrogen-bond donors (Lipinski definition) is 7. The van der Waals surface area contributed by atoms with Crippen molar-refractivity contribution in [2.45, 2.75) is 182 Å². The van der Waals surface area contributed by atoms with Crippen LogP contribution >= 0.6 is 32.7 Å². The topological polar surface area (TPSA) is 556 Å². The Balaban J connectivity index is -0.0000000697. The van der Waals surface area contributed by atoms with Crippen molar-refractivity contribution in [3.05, 3.63) is 250 Å². The van der Waals surface area contributed by atoms with Gasteiger partial charge in [-0.05, 0) is 189 Å². The summed E-state index contributed by atoms with van der Waals surface area (Å²) < 4.78 is 40.9. The zero-order valence-electron chi connectivity index (χ0n) is 80.1. The van der Waals surface area contributed by atoms with Gasteiger partial charge in [-0.15, -0.1) is 0 Å². The molecule has 5 aliphatic rings. The first-order valence-corrected chi connectivity index (χ1v) is 42.9. The largest absolute Gasteiger partial charge is 1.00 e. The predicted octanol–water partition coefficient (Wildman–Crippen LogP) is 12.2. The van der Waals surface area contributed by atoms with Gasteiger partial charge in [0, 0.05) is 143 Å². The Hall–Kier alpha value is -9.86. The van der Waals surface area contributed by atoms with E-state index in [1.807, 2.05) is 94.8 Å². The maximum atomic E-state index is 13.4. The van der Waals surface area contributed by atoms with E-state index in [0.717, 1.165) is 191 Å². The van der Waals surface area contributed by atoms with Crippen LogP contribution in [-0.4, -0.2) is 165 Å². The second-order valence-corrected chi connectivity index (χ2v) is 26.6. The number of unbranched alkanes of at least 4 members (excludes halogenated alkanes) is 6. The minimum absolute atomic E-state index is 0. The Morgan fingerprint density at radius 3 is 0.921 bits per heavy atom. The average molecular weight is 2670 g/mol. The van der Waals surface area contributed by atoms with Gasteiger partial charge in [0.05, 0.1) is 60.0 Å². The van der Waals surface area contributed by atoms with Crippen molar-refractivity contribution in [1.29, 1.82) is 0 Å². The van der Waals surface area contributed by atoms with E-state index in [4.69, 9.17) is 135 Å². The fraction of sp³-hybridized carbons (Fsp3) is 0.357. The Morgan fingerprint density at radius 1 is 0.446 bits per heavy atom. The van der Waals surface area contributed by atoms with Crippen LogP contribution in [-0.2, 0) is 197 Å². The van der Waals surface area contributed by atoms with Crippen molar-refractivity contribution < 1.29 is 229 Å². The fourth-order valence-corrected chi connectivity index (χ4v) is 12.6. The molecule has 767 valence electrons. The number of benzene rings is 4. The van der Waals surface area contributed by atoms with Crippen LogP contribution in [0.4, 0.5) is 0 Å². The van der Waals surface area contributed by atoms with E-state index in [-0.39, 0.29) is 170 Å². The molecule has 41 heteroatoms. The number of fused-ring (bicyclic) bond motifs is 2. The molecule has 0 spiro atoms. The van der Waals surface area contributed by atoms with Crippen molar-refractivity contribution >= 4 is 169 Å². The first-order chi connectivity index (χ1) is 64.0. The summed E-state index contributed by atoms with van der Waals surface area (Å²) in [4.78, 5) is 180. The summed E-state index contributed by atoms with van der Waals surface area (Å²) in [7, 11) is 4.69. The molecule has 5 aliphatic carbocycles. The van der Waals surface area contributed by atoms with Crippen LogP contribution in [0.5, 0.6) is 0 Å². The SMILES string of the molecule is C1=CCC=C1.C1=C[CH+]C=C1.CC(=O)O.Cc1ccc2c(c1)c(CC(=O)NCCCCCCN)c(C)n2C(=O)c1ccc(Cl)cc1.Cc1ccc2c(c1)c(CC(=O)NCCCCCCNC(=O)C1CCCC1)c(C)n2C(=O)c1ccc(Cl)cc1.O=C(O)C1CCCC1.O=C(O)C1CCCC1.O=C=O.[C-]#[O+].[C-]#[O+].[C-]#[O+].[C-]#[O+].[C-]#[O+].[CH-]=O.[CH-]=O.[CH-]=O.[CH-]=O.[CH-]=O.[CH-]=O.[CH-]=O.[CH-]=O.[CH-]=O.[CH3-].[CH3-].[CH3-].[Cl][Re].[H-].[Li+].[Re].[Re].[Re]. The van der Waals surface area contributed by atoms with Crippen LogP contribution in [0.2, 0.25) is 10.0 Å². The minimum atomic E-state index is -0.833. The third kappa shape index (κ3) is 85.8. The number of nitrogens with one attached hydrogen (secondary N) is 3. The Kier molecular flexibility index (Phi) is 166. The molecule has 0 saturated heterocycles. The number of allylic oxidation sites excluding steroid dienone is 8. The number of aryl methyl sites for hydroxylation is 2. The molecular formula is C98H122Cl3LiN6O27Re4-11. The molecule has 4 aromatic carbocycles. The van der Waals surface area contributed by atoms with Gasteiger partial charge >= 0.3 is 121 Å². The van der Waals surface area contributed by atoms with Gasteiger partial charge in [0.15, 0.2) is 0 Å². The molecule has 0 aliphatic heterocycles. The van der Waals surface area contributed by atoms with Gasteiger partial charge in [0.2, 0.25) is 17.7 Å². The first-order valence-electron chi connectivity index (χ1n) is 38.8. The molecule has 8 N–H and O–H groups in total. The van der Waals surface area contributed by atoms with Crippen molar-refractivity contribution in [3.63, 3.8) is 0 Å². The summed E-state index contributed by atoms with van der Waals surface area (Å²) in [5, 5.41) is 36.4. The summed E-state index contributed by atoms with van der Waals surface area (Å²) in [6.45, 7) is 63.4. The summed E-state index contributed by atoms with van der Waals surface area (Å²) in [5.74, 6) is -1.99. The fourth-order valence-electron chi connectivity index (χ4n) is 12.3. The normalized spacial score (nSPS) is 10.5. The van der Waals surface area contributed by atoms with Crippen molar-refractivity contribution in [2.75, 3.05) is 26.2 Å². The maximum Gasteiger partial charge on any atom is 1.00 e. The maximum absolute atomic E-state index is 13.4. The van der Waals surface area contributed by atoms with Gasteiger partial charge in [-0.2, -0.15) is 9.59 Å². The number of rotatable bonds is 22. The van der Waals surface area contributed by atoms with E-state index < -0.39 is 17.9 Å². The van der Waals surface area contributed by atoms with Crippen LogP contribution in [0, 0.1) is 107 Å². The summed E-state index contributed by atoms with van der Waals surface area (Å²) >= 11 is 13.2. The smallest absolute Gasteiger partial charge is 1.00 e. The van der Waals surface area contributed by atoms with Gasteiger partial charge in [0.1, 0.15) is 0 Å². The molecule has 2 aromatic heterocycles. The van der Waals surface area contributed by atoms with E-state index in [1.165, 1.54) is 31.0 Å². The Morgan fingerprint density at radius 2 is 0.698 bits per heavy atom. The van der Waals surface area contributed by atoms with Crippen LogP contribution in [0.25, 0.3) is 21.8 Å². The van der Waals surface area contributed by atoms with Gasteiger partial charge in [-0.25, -0.2) is 0 Å². The molecular weight excluding hydrogens is 2550 g/mol. The van der Waals surface area contributed by atoms with E-state index >= 15 is 0 Å². The molecule has 3 radical (unpaired) electrons. The monoisotopic (exact) mass is 2670 g/mol. The molecule has 0 atom stereocenters. The second kappa shape index (κ2) is 132. The van der Waals surface area contributed by atoms with E-state index in [1.54, 1.807) is 57.7 Å². The molecule has 3 amide bonds. The summed E-state index contributed by atoms with van der Waals surface area (Å²) in [6.07, 6.45) is 40.7. The van der Waals surface area contributed by atoms with Crippen LogP contribution in [0.15, 0.2) is 134 Å². The molecule has 2 heterocycles. The molecule has 11 rings (SSSR count). The molecule has 0 unspecified atom stereocenters. The zero-order valence-corrected chi connectivity index (χ0v) is 92.2. The number of aliphatic carboxylic acids is 3. The number of carboxylic acids is 3. The molecule has 6 aromatic rings. The summed E-state index contributed by atoms with van der Waals surface area (Å²) in [5.41, 5.74) is 13.7. The first kappa shape index (κ1) is 175. The van der Waals surface area contributed by atoms with Crippen molar-refractivity contribution in [3.8, 4) is 0 Å². The third-order valence-electron chi connectivity index (χ3n) is 17.8. The van der Waals surface area contributed by atoms with Crippen LogP contribution in [0.3, 0.4) is 0 Å². The third-order valence-corrected chi connectivity index (χ3v) is 18.3. The number of carbonyl (C=O) groups excluding carboxylic acids is 16. The van der Waals surface area contributed by atoms with Gasteiger partial charge in [0.25, 0.3) is 17.8 Å². The number of nitrogens with two attached hydrogens (primary N) is 1. The Labute approximate surface area is 898 Å². The standard InChI is InChI=1S/C31H38ClN3O3.C25H30ClN3O2.2C6H10O2.C5H6.C5H5.C2H4O2.CO2.9CHO.5CO.3CH3.ClH.Li.4Re.H/c1-21-11-16-28-27(19-21)26(22(2)35(28)31(38)24-12-14-25(32)15-13-24)20-29(36)33-17-7-3-4-8-18-34-30(37)23-9-5-6-10-23;1-17-7-12-23-22(15-17)21(16-24(30)28-14-6-4-3-5-13-27)18(2)29(23)25(31)19-8-10-20(26)11-9-19;2*7-6(8)5-3-1-2-4-5;2*1-2-4-5-3-1;1-2(3)4;2-1-3;14*1-2;;;;;;;;;;/h11-16,19,23H,3-10,17-18,20H2,1-2H3,(H,33,36)(H,34,37);7-12,15H,3-6,13-14,16,27H2,1-2H3,(H,28,30);2*5H,1-4H2,(H,7,8);1-4H,5H2;1-5H;1H3,(H,3,4);;9*1H;;;;;;3*1H3;1H;;;;;;/q;;;;;+1;;;9*-1;;;;;;3*-1;;+1;;;;+1;-1/p-1. The number of amides is 3. The zero-order chi connectivity index (χ0) is 105. The molecule has 139 heavy (non-hydrogen) atoms.